The Balaban J connectivity index is 2.00. The van der Waals surface area contributed by atoms with Crippen LogP contribution in [0.5, 0.6) is 5.75 Å². The number of imidazole rings is 1. The number of amides is 1. The fraction of sp³-hybridized carbons (Fsp3) is 0.235. The molecule has 1 unspecified atom stereocenters. The summed E-state index contributed by atoms with van der Waals surface area (Å²) >= 11 is 0. The Morgan fingerprint density at radius 1 is 1.38 bits per heavy atom. The van der Waals surface area contributed by atoms with Crippen LogP contribution in [0.3, 0.4) is 0 Å². The first-order valence-electron chi connectivity index (χ1n) is 7.44. The van der Waals surface area contributed by atoms with E-state index in [1.54, 1.807) is 26.3 Å². The quantitative estimate of drug-likeness (QED) is 0.777. The van der Waals surface area contributed by atoms with Gasteiger partial charge >= 0.3 is 0 Å². The van der Waals surface area contributed by atoms with E-state index in [1.807, 2.05) is 42.1 Å². The van der Waals surface area contributed by atoms with Crippen LogP contribution in [-0.2, 0) is 7.05 Å². The second kappa shape index (κ2) is 6.57. The fourth-order valence-electron chi connectivity index (χ4n) is 2.51. The second-order valence-corrected chi connectivity index (χ2v) is 5.38. The standard InChI is InChI=1S/C17H18N4O3/c1-11-10-14(24-20-11)17(22)19-15(16-18-8-9-21(16)2)12-6-4-5-7-13(12)23-3/h4-10,15H,1-3H3,(H,19,22). The molecule has 7 heteroatoms. The fourth-order valence-corrected chi connectivity index (χ4v) is 2.51. The van der Waals surface area contributed by atoms with Crippen molar-refractivity contribution in [2.24, 2.45) is 7.05 Å². The molecule has 24 heavy (non-hydrogen) atoms. The summed E-state index contributed by atoms with van der Waals surface area (Å²) in [6, 6.07) is 8.60. The predicted octanol–water partition coefficient (Wildman–Crippen LogP) is 2.24. The molecule has 2 heterocycles. The van der Waals surface area contributed by atoms with E-state index in [2.05, 4.69) is 15.5 Å². The maximum Gasteiger partial charge on any atom is 0.290 e. The van der Waals surface area contributed by atoms with Crippen molar-refractivity contribution in [3.63, 3.8) is 0 Å². The minimum absolute atomic E-state index is 0.154. The molecule has 1 N–H and O–H groups in total. The van der Waals surface area contributed by atoms with Crippen molar-refractivity contribution in [3.8, 4) is 5.75 Å². The molecule has 1 amide bonds. The first kappa shape index (κ1) is 15.8. The molecule has 0 aliphatic carbocycles. The number of hydrogen-bond donors (Lipinski definition) is 1. The van der Waals surface area contributed by atoms with Crippen LogP contribution in [0.2, 0.25) is 0 Å². The van der Waals surface area contributed by atoms with Crippen LogP contribution >= 0.6 is 0 Å². The van der Waals surface area contributed by atoms with Gasteiger partial charge in [-0.2, -0.15) is 0 Å². The highest BCUT2D eigenvalue weighted by Crippen LogP contribution is 2.29. The Labute approximate surface area is 139 Å². The maximum absolute atomic E-state index is 12.5. The summed E-state index contributed by atoms with van der Waals surface area (Å²) in [7, 11) is 3.46. The molecule has 124 valence electrons. The third-order valence-corrected chi connectivity index (χ3v) is 3.69. The molecule has 2 aromatic heterocycles. The summed E-state index contributed by atoms with van der Waals surface area (Å²) in [4.78, 5) is 16.9. The Hall–Kier alpha value is -3.09. The van der Waals surface area contributed by atoms with E-state index in [0.717, 1.165) is 5.56 Å². The monoisotopic (exact) mass is 326 g/mol. The minimum atomic E-state index is -0.487. The van der Waals surface area contributed by atoms with Gasteiger partial charge < -0.3 is 19.1 Å². The number of hydrogen-bond acceptors (Lipinski definition) is 5. The van der Waals surface area contributed by atoms with E-state index in [-0.39, 0.29) is 11.7 Å². The summed E-state index contributed by atoms with van der Waals surface area (Å²) in [5.41, 5.74) is 1.45. The zero-order valence-corrected chi connectivity index (χ0v) is 13.7. The molecule has 7 nitrogen and oxygen atoms in total. The van der Waals surface area contributed by atoms with E-state index < -0.39 is 6.04 Å². The third kappa shape index (κ3) is 3.01. The molecule has 0 saturated carbocycles. The summed E-state index contributed by atoms with van der Waals surface area (Å²) in [5.74, 6) is 1.14. The van der Waals surface area contributed by atoms with Crippen LogP contribution in [0.15, 0.2) is 47.2 Å². The number of carbonyl (C=O) groups excluding carboxylic acids is 1. The molecule has 3 aromatic rings. The van der Waals surface area contributed by atoms with Gasteiger partial charge in [0, 0.05) is 31.1 Å². The number of carbonyl (C=O) groups is 1. The van der Waals surface area contributed by atoms with E-state index in [1.165, 1.54) is 0 Å². The van der Waals surface area contributed by atoms with Gasteiger partial charge in [-0.15, -0.1) is 0 Å². The number of rotatable bonds is 5. The maximum atomic E-state index is 12.5. The summed E-state index contributed by atoms with van der Waals surface area (Å²) < 4.78 is 12.3. The highest BCUT2D eigenvalue weighted by molar-refractivity contribution is 5.92. The zero-order valence-electron chi connectivity index (χ0n) is 13.7. The molecular weight excluding hydrogens is 308 g/mol. The largest absolute Gasteiger partial charge is 0.496 e. The number of benzene rings is 1. The second-order valence-electron chi connectivity index (χ2n) is 5.38. The predicted molar refractivity (Wildman–Crippen MR) is 86.8 cm³/mol. The lowest BCUT2D eigenvalue weighted by Gasteiger charge is -2.20. The van der Waals surface area contributed by atoms with Gasteiger partial charge in [-0.25, -0.2) is 4.98 Å². The van der Waals surface area contributed by atoms with E-state index in [0.29, 0.717) is 17.3 Å². The molecule has 1 aromatic carbocycles. The number of methoxy groups -OCH3 is 1. The zero-order chi connectivity index (χ0) is 17.1. The molecule has 0 radical (unpaired) electrons. The van der Waals surface area contributed by atoms with Gasteiger partial charge in [0.1, 0.15) is 17.6 Å². The van der Waals surface area contributed by atoms with Gasteiger partial charge in [-0.1, -0.05) is 23.4 Å². The van der Waals surface area contributed by atoms with E-state index >= 15 is 0 Å². The van der Waals surface area contributed by atoms with E-state index in [9.17, 15) is 4.79 Å². The van der Waals surface area contributed by atoms with Crippen LogP contribution in [0.25, 0.3) is 0 Å². The topological polar surface area (TPSA) is 82.2 Å². The van der Waals surface area contributed by atoms with Gasteiger partial charge in [0.05, 0.1) is 12.8 Å². The van der Waals surface area contributed by atoms with E-state index in [4.69, 9.17) is 9.26 Å². The van der Waals surface area contributed by atoms with Crippen molar-refractivity contribution in [3.05, 3.63) is 65.6 Å². The molecule has 0 fully saturated rings. The van der Waals surface area contributed by atoms with Crippen molar-refractivity contribution < 1.29 is 14.1 Å². The van der Waals surface area contributed by atoms with Gasteiger partial charge in [-0.05, 0) is 13.0 Å². The molecule has 3 rings (SSSR count). The van der Waals surface area contributed by atoms with Gasteiger partial charge in [-0.3, -0.25) is 4.79 Å². The number of aromatic nitrogens is 3. The molecule has 0 bridgehead atoms. The average molecular weight is 326 g/mol. The van der Waals surface area contributed by atoms with Crippen LogP contribution in [0, 0.1) is 6.92 Å². The lowest BCUT2D eigenvalue weighted by molar-refractivity contribution is 0.0903. The van der Waals surface area contributed by atoms with Crippen molar-refractivity contribution in [2.45, 2.75) is 13.0 Å². The molecule has 0 saturated heterocycles. The molecule has 1 atom stereocenters. The minimum Gasteiger partial charge on any atom is -0.496 e. The van der Waals surface area contributed by atoms with Crippen molar-refractivity contribution in [1.29, 1.82) is 0 Å². The Morgan fingerprint density at radius 3 is 2.79 bits per heavy atom. The smallest absolute Gasteiger partial charge is 0.290 e. The Kier molecular flexibility index (Phi) is 4.33. The lowest BCUT2D eigenvalue weighted by atomic mass is 10.0. The highest BCUT2D eigenvalue weighted by atomic mass is 16.5. The molecule has 0 aliphatic heterocycles. The number of ether oxygens (including phenoxy) is 1. The first-order valence-corrected chi connectivity index (χ1v) is 7.44. The van der Waals surface area contributed by atoms with Crippen molar-refractivity contribution >= 4 is 5.91 Å². The SMILES string of the molecule is COc1ccccc1C(NC(=O)c1cc(C)no1)c1nccn1C. The number of para-hydroxylation sites is 1. The van der Waals surface area contributed by atoms with Crippen LogP contribution in [-0.4, -0.2) is 27.7 Å². The van der Waals surface area contributed by atoms with Crippen LogP contribution in [0.1, 0.15) is 33.7 Å². The molecular formula is C17H18N4O3. The van der Waals surface area contributed by atoms with Crippen LogP contribution < -0.4 is 10.1 Å². The summed E-state index contributed by atoms with van der Waals surface area (Å²) in [5, 5.41) is 6.70. The summed E-state index contributed by atoms with van der Waals surface area (Å²) in [6.07, 6.45) is 3.50. The van der Waals surface area contributed by atoms with Gasteiger partial charge in [0.25, 0.3) is 5.91 Å². The van der Waals surface area contributed by atoms with Gasteiger partial charge in [0.15, 0.2) is 0 Å². The summed E-state index contributed by atoms with van der Waals surface area (Å²) in [6.45, 7) is 1.76. The average Bonchev–Trinajstić information content (AvgIpc) is 3.21. The Morgan fingerprint density at radius 2 is 2.17 bits per heavy atom. The number of nitrogens with one attached hydrogen (secondary N) is 1. The van der Waals surface area contributed by atoms with Crippen molar-refractivity contribution in [2.75, 3.05) is 7.11 Å². The molecule has 0 aliphatic rings. The normalized spacial score (nSPS) is 12.0. The lowest BCUT2D eigenvalue weighted by Crippen LogP contribution is -2.31. The highest BCUT2D eigenvalue weighted by Gasteiger charge is 2.25. The number of aryl methyl sites for hydroxylation is 2. The van der Waals surface area contributed by atoms with Gasteiger partial charge in [0.2, 0.25) is 5.76 Å². The third-order valence-electron chi connectivity index (χ3n) is 3.69. The van der Waals surface area contributed by atoms with Crippen LogP contribution in [0.4, 0.5) is 0 Å². The molecule has 0 spiro atoms. The number of nitrogens with zero attached hydrogens (tertiary/aromatic N) is 3. The first-order chi connectivity index (χ1) is 11.6. The Bertz CT molecular complexity index is 853. The van der Waals surface area contributed by atoms with Crippen molar-refractivity contribution in [1.82, 2.24) is 20.0 Å².